The minimum atomic E-state index is -4.60. The van der Waals surface area contributed by atoms with Gasteiger partial charge < -0.3 is 20.0 Å². The number of hydrogen-bond donors (Lipinski definition) is 1. The molecule has 0 atom stereocenters. The highest BCUT2D eigenvalue weighted by Crippen LogP contribution is 2.28. The van der Waals surface area contributed by atoms with Gasteiger partial charge in [0.05, 0.1) is 0 Å². The van der Waals surface area contributed by atoms with Crippen molar-refractivity contribution in [1.29, 1.82) is 0 Å². The third-order valence-corrected chi connectivity index (χ3v) is 3.04. The molecular weight excluding hydrogens is 331 g/mol. The first-order valence-corrected chi connectivity index (χ1v) is 6.69. The number of alkyl halides is 3. The topological polar surface area (TPSA) is 103 Å². The Balaban J connectivity index is 1.98. The second kappa shape index (κ2) is 6.64. The maximum atomic E-state index is 12.5. The normalized spacial score (nSPS) is 11.3. The van der Waals surface area contributed by atoms with Gasteiger partial charge in [0.25, 0.3) is 0 Å². The van der Waals surface area contributed by atoms with Crippen molar-refractivity contribution in [1.82, 2.24) is 14.5 Å². The molecule has 0 saturated heterocycles. The molecule has 2 rings (SSSR count). The molecule has 0 saturated carbocycles. The number of aromatic nitrogens is 3. The van der Waals surface area contributed by atoms with Crippen molar-refractivity contribution < 1.29 is 22.9 Å². The van der Waals surface area contributed by atoms with Crippen LogP contribution in [0.5, 0.6) is 0 Å². The quantitative estimate of drug-likeness (QED) is 0.664. The first-order chi connectivity index (χ1) is 11.2. The Morgan fingerprint density at radius 2 is 2.08 bits per heavy atom. The zero-order valence-electron chi connectivity index (χ0n) is 12.4. The van der Waals surface area contributed by atoms with E-state index in [2.05, 4.69) is 15.3 Å². The number of pyridine rings is 1. The fourth-order valence-corrected chi connectivity index (χ4v) is 1.90. The van der Waals surface area contributed by atoms with E-state index in [-0.39, 0.29) is 24.6 Å². The number of halogens is 3. The third-order valence-electron chi connectivity index (χ3n) is 3.04. The summed E-state index contributed by atoms with van der Waals surface area (Å²) in [5, 5.41) is 12.9. The molecule has 0 aliphatic carbocycles. The Labute approximate surface area is 133 Å². The number of nitrogens with zero attached hydrogens (tertiary/aromatic N) is 4. The number of rotatable bonds is 5. The average molecular weight is 343 g/mol. The second-order valence-electron chi connectivity index (χ2n) is 4.80. The minimum Gasteiger partial charge on any atom is -0.358 e. The van der Waals surface area contributed by atoms with Crippen molar-refractivity contribution in [2.24, 2.45) is 0 Å². The van der Waals surface area contributed by atoms with Gasteiger partial charge in [0.2, 0.25) is 11.7 Å². The molecule has 1 N–H and O–H groups in total. The van der Waals surface area contributed by atoms with Gasteiger partial charge in [0.1, 0.15) is 17.7 Å². The number of imidazole rings is 1. The van der Waals surface area contributed by atoms with Crippen molar-refractivity contribution in [3.63, 3.8) is 0 Å². The zero-order valence-corrected chi connectivity index (χ0v) is 12.4. The van der Waals surface area contributed by atoms with Crippen molar-refractivity contribution >= 4 is 17.5 Å². The van der Waals surface area contributed by atoms with E-state index in [0.717, 1.165) is 12.1 Å². The summed E-state index contributed by atoms with van der Waals surface area (Å²) >= 11 is 0. The molecule has 0 unspecified atom stereocenters. The summed E-state index contributed by atoms with van der Waals surface area (Å²) in [4.78, 5) is 28.8. The first kappa shape index (κ1) is 17.4. The molecule has 11 heteroatoms. The fourth-order valence-electron chi connectivity index (χ4n) is 1.90. The van der Waals surface area contributed by atoms with Crippen LogP contribution < -0.4 is 5.32 Å². The van der Waals surface area contributed by atoms with Crippen molar-refractivity contribution in [3.8, 4) is 0 Å². The molecule has 0 fully saturated rings. The van der Waals surface area contributed by atoms with E-state index < -0.39 is 22.7 Å². The number of anilines is 1. The van der Waals surface area contributed by atoms with E-state index in [1.54, 1.807) is 6.92 Å². The lowest BCUT2D eigenvalue weighted by Gasteiger charge is -2.09. The van der Waals surface area contributed by atoms with E-state index in [0.29, 0.717) is 5.82 Å². The Bertz CT molecular complexity index is 772. The number of aryl methyl sites for hydroxylation is 2. The molecule has 128 valence electrons. The van der Waals surface area contributed by atoms with Gasteiger partial charge in [0, 0.05) is 19.9 Å². The highest BCUT2D eigenvalue weighted by molar-refractivity contribution is 5.89. The number of carbonyl (C=O) groups excluding carboxylic acids is 1. The van der Waals surface area contributed by atoms with Gasteiger partial charge in [-0.2, -0.15) is 13.2 Å². The van der Waals surface area contributed by atoms with E-state index in [1.165, 1.54) is 16.8 Å². The van der Waals surface area contributed by atoms with Crippen LogP contribution in [-0.4, -0.2) is 25.4 Å². The van der Waals surface area contributed by atoms with Crippen LogP contribution in [-0.2, 0) is 17.5 Å². The van der Waals surface area contributed by atoms with Gasteiger partial charge in [0.15, 0.2) is 0 Å². The molecule has 8 nitrogen and oxygen atoms in total. The molecule has 1 amide bonds. The van der Waals surface area contributed by atoms with Crippen LogP contribution >= 0.6 is 0 Å². The summed E-state index contributed by atoms with van der Waals surface area (Å²) in [5.41, 5.74) is -1.11. The lowest BCUT2D eigenvalue weighted by Crippen LogP contribution is -2.17. The van der Waals surface area contributed by atoms with Gasteiger partial charge in [-0.1, -0.05) is 6.07 Å². The molecule has 0 aliphatic heterocycles. The molecule has 0 bridgehead atoms. The Morgan fingerprint density at radius 1 is 1.38 bits per heavy atom. The molecule has 2 heterocycles. The predicted molar refractivity (Wildman–Crippen MR) is 76.1 cm³/mol. The van der Waals surface area contributed by atoms with Crippen LogP contribution in [0.25, 0.3) is 0 Å². The lowest BCUT2D eigenvalue weighted by molar-refractivity contribution is -0.389. The Kier molecular flexibility index (Phi) is 4.81. The van der Waals surface area contributed by atoms with Crippen LogP contribution in [0.3, 0.4) is 0 Å². The van der Waals surface area contributed by atoms with Gasteiger partial charge >= 0.3 is 12.0 Å². The summed E-state index contributed by atoms with van der Waals surface area (Å²) < 4.78 is 39.1. The summed E-state index contributed by atoms with van der Waals surface area (Å²) in [6.45, 7) is 1.64. The van der Waals surface area contributed by atoms with E-state index in [1.807, 2.05) is 0 Å². The fraction of sp³-hybridized carbons (Fsp3) is 0.308. The van der Waals surface area contributed by atoms with Gasteiger partial charge in [-0.25, -0.2) is 4.98 Å². The summed E-state index contributed by atoms with van der Waals surface area (Å²) in [6, 6.07) is 3.17. The molecule has 0 aromatic carbocycles. The van der Waals surface area contributed by atoms with Gasteiger partial charge in [-0.3, -0.25) is 4.79 Å². The van der Waals surface area contributed by atoms with E-state index in [9.17, 15) is 28.1 Å². The SMILES string of the molecule is Cc1nc([N+](=O)[O-])cn1CCC(=O)Nc1cccc(C(F)(F)F)n1. The molecule has 2 aromatic heterocycles. The molecular formula is C13H12F3N5O3. The number of nitrogens with one attached hydrogen (secondary N) is 1. The largest absolute Gasteiger partial charge is 0.433 e. The minimum absolute atomic E-state index is 0.0947. The number of carbonyl (C=O) groups is 1. The van der Waals surface area contributed by atoms with Crippen LogP contribution in [0.1, 0.15) is 17.9 Å². The summed E-state index contributed by atoms with van der Waals surface area (Å²) in [7, 11) is 0. The number of hydrogen-bond acceptors (Lipinski definition) is 5. The van der Waals surface area contributed by atoms with Crippen LogP contribution in [0.4, 0.5) is 24.8 Å². The Hall–Kier alpha value is -2.98. The molecule has 2 aromatic rings. The molecule has 0 spiro atoms. The maximum absolute atomic E-state index is 12.5. The van der Waals surface area contributed by atoms with Crippen molar-refractivity contribution in [2.45, 2.75) is 26.1 Å². The van der Waals surface area contributed by atoms with Gasteiger partial charge in [-0.15, -0.1) is 0 Å². The monoisotopic (exact) mass is 343 g/mol. The van der Waals surface area contributed by atoms with Crippen molar-refractivity contribution in [2.75, 3.05) is 5.32 Å². The number of amides is 1. The van der Waals surface area contributed by atoms with E-state index >= 15 is 0 Å². The smallest absolute Gasteiger partial charge is 0.358 e. The highest BCUT2D eigenvalue weighted by atomic mass is 19.4. The lowest BCUT2D eigenvalue weighted by atomic mass is 10.3. The predicted octanol–water partition coefficient (Wildman–Crippen LogP) is 2.54. The zero-order chi connectivity index (χ0) is 17.9. The van der Waals surface area contributed by atoms with E-state index in [4.69, 9.17) is 0 Å². The highest BCUT2D eigenvalue weighted by Gasteiger charge is 2.32. The van der Waals surface area contributed by atoms with Crippen LogP contribution in [0.15, 0.2) is 24.4 Å². The average Bonchev–Trinajstić information content (AvgIpc) is 2.86. The van der Waals surface area contributed by atoms with Crippen LogP contribution in [0.2, 0.25) is 0 Å². The molecule has 0 radical (unpaired) electrons. The van der Waals surface area contributed by atoms with Crippen LogP contribution in [0, 0.1) is 17.0 Å². The molecule has 0 aliphatic rings. The first-order valence-electron chi connectivity index (χ1n) is 6.69. The molecule has 24 heavy (non-hydrogen) atoms. The Morgan fingerprint density at radius 3 is 2.67 bits per heavy atom. The maximum Gasteiger partial charge on any atom is 0.433 e. The van der Waals surface area contributed by atoms with Crippen molar-refractivity contribution in [3.05, 3.63) is 46.0 Å². The summed E-state index contributed by atoms with van der Waals surface area (Å²) in [5.74, 6) is -0.778. The third kappa shape index (κ3) is 4.27. The number of nitro groups is 1. The second-order valence-corrected chi connectivity index (χ2v) is 4.80. The standard InChI is InChI=1S/C13H12F3N5O3/c1-8-17-11(21(23)24)7-20(8)6-5-12(22)19-10-4-2-3-9(18-10)13(14,15)16/h2-4,7H,5-6H2,1H3,(H,18,19,22). The van der Waals surface area contributed by atoms with Gasteiger partial charge in [-0.05, 0) is 22.0 Å². The summed E-state index contributed by atoms with van der Waals surface area (Å²) in [6.07, 6.45) is -3.52.